The molecule has 0 spiro atoms. The Morgan fingerprint density at radius 2 is 1.80 bits per heavy atom. The van der Waals surface area contributed by atoms with E-state index in [0.29, 0.717) is 0 Å². The second-order valence-electron chi connectivity index (χ2n) is 5.68. The van der Waals surface area contributed by atoms with Gasteiger partial charge in [-0.05, 0) is 30.7 Å². The van der Waals surface area contributed by atoms with Crippen molar-refractivity contribution in [2.45, 2.75) is 26.3 Å². The largest absolute Gasteiger partial charge is 0.480 e. The Kier molecular flexibility index (Phi) is 5.89. The molecule has 2 rings (SSSR count). The van der Waals surface area contributed by atoms with Gasteiger partial charge in [0, 0.05) is 18.9 Å². The molecule has 6 nitrogen and oxygen atoms in total. The van der Waals surface area contributed by atoms with Gasteiger partial charge in [-0.2, -0.15) is 0 Å². The molecule has 25 heavy (non-hydrogen) atoms. The average Bonchev–Trinajstić information content (AvgIpc) is 2.55. The van der Waals surface area contributed by atoms with E-state index in [1.165, 1.54) is 19.1 Å². The van der Waals surface area contributed by atoms with Gasteiger partial charge in [-0.15, -0.1) is 0 Å². The summed E-state index contributed by atoms with van der Waals surface area (Å²) in [6.07, 6.45) is 0.172. The Balaban J connectivity index is 2.11. The Hall–Kier alpha value is -3.15. The maximum Gasteiger partial charge on any atom is 0.326 e. The maximum atomic E-state index is 12.3. The van der Waals surface area contributed by atoms with Crippen molar-refractivity contribution in [1.82, 2.24) is 5.32 Å². The molecule has 0 bridgehead atoms. The van der Waals surface area contributed by atoms with Crippen molar-refractivity contribution in [1.29, 1.82) is 0 Å². The summed E-state index contributed by atoms with van der Waals surface area (Å²) < 4.78 is 4.93. The van der Waals surface area contributed by atoms with E-state index < -0.39 is 23.9 Å². The molecular weight excluding hydrogens is 322 g/mol. The monoisotopic (exact) mass is 341 g/mol. The van der Waals surface area contributed by atoms with Crippen LogP contribution in [0.1, 0.15) is 28.4 Å². The number of aryl methyl sites for hydroxylation is 1. The summed E-state index contributed by atoms with van der Waals surface area (Å²) in [7, 11) is 0. The first-order valence-corrected chi connectivity index (χ1v) is 7.73. The number of benzene rings is 2. The van der Waals surface area contributed by atoms with E-state index in [1.54, 1.807) is 12.1 Å². The van der Waals surface area contributed by atoms with Crippen LogP contribution in [0.3, 0.4) is 0 Å². The number of amides is 1. The molecule has 2 N–H and O–H groups in total. The minimum atomic E-state index is -1.12. The Labute approximate surface area is 145 Å². The van der Waals surface area contributed by atoms with Crippen LogP contribution in [0, 0.1) is 6.92 Å². The van der Waals surface area contributed by atoms with E-state index in [-0.39, 0.29) is 17.7 Å². The molecule has 1 atom stereocenters. The van der Waals surface area contributed by atoms with E-state index in [1.807, 2.05) is 31.2 Å². The number of hydrogen-bond acceptors (Lipinski definition) is 4. The number of hydrogen-bond donors (Lipinski definition) is 2. The number of carbonyl (C=O) groups excluding carboxylic acids is 2. The van der Waals surface area contributed by atoms with Crippen molar-refractivity contribution >= 4 is 17.8 Å². The van der Waals surface area contributed by atoms with Gasteiger partial charge in [0.15, 0.2) is 0 Å². The lowest BCUT2D eigenvalue weighted by Gasteiger charge is -2.15. The number of carboxylic acids is 1. The van der Waals surface area contributed by atoms with Crippen LogP contribution in [-0.4, -0.2) is 29.0 Å². The molecule has 0 unspecified atom stereocenters. The molecule has 0 aliphatic rings. The molecule has 0 radical (unpaired) electrons. The lowest BCUT2D eigenvalue weighted by molar-refractivity contribution is -0.139. The molecule has 0 aliphatic heterocycles. The summed E-state index contributed by atoms with van der Waals surface area (Å²) in [5.74, 6) is -1.94. The average molecular weight is 341 g/mol. The molecular formula is C19H19NO5. The van der Waals surface area contributed by atoms with E-state index >= 15 is 0 Å². The SMILES string of the molecule is CC(=O)Oc1cccc(C(=O)N[C@@H](Cc2ccc(C)cc2)C(=O)O)c1. The number of esters is 1. The molecule has 2 aromatic carbocycles. The highest BCUT2D eigenvalue weighted by molar-refractivity contribution is 5.97. The first-order chi connectivity index (χ1) is 11.8. The predicted octanol–water partition coefficient (Wildman–Crippen LogP) is 2.35. The van der Waals surface area contributed by atoms with Gasteiger partial charge in [-0.3, -0.25) is 9.59 Å². The van der Waals surface area contributed by atoms with Crippen LogP contribution in [0.25, 0.3) is 0 Å². The zero-order chi connectivity index (χ0) is 18.4. The Morgan fingerprint density at radius 3 is 2.40 bits per heavy atom. The summed E-state index contributed by atoms with van der Waals surface area (Å²) in [6, 6.07) is 12.4. The van der Waals surface area contributed by atoms with Crippen LogP contribution < -0.4 is 10.1 Å². The Bertz CT molecular complexity index is 783. The van der Waals surface area contributed by atoms with E-state index in [9.17, 15) is 19.5 Å². The summed E-state index contributed by atoms with van der Waals surface area (Å²) in [6.45, 7) is 3.20. The number of nitrogens with one attached hydrogen (secondary N) is 1. The number of aliphatic carboxylic acids is 1. The van der Waals surface area contributed by atoms with E-state index in [4.69, 9.17) is 4.74 Å². The van der Waals surface area contributed by atoms with Crippen molar-refractivity contribution in [2.75, 3.05) is 0 Å². The number of carbonyl (C=O) groups is 3. The van der Waals surface area contributed by atoms with Crippen molar-refractivity contribution in [2.24, 2.45) is 0 Å². The topological polar surface area (TPSA) is 92.7 Å². The van der Waals surface area contributed by atoms with Gasteiger partial charge in [-0.25, -0.2) is 4.79 Å². The molecule has 0 saturated carbocycles. The molecule has 0 aromatic heterocycles. The normalized spacial score (nSPS) is 11.4. The highest BCUT2D eigenvalue weighted by Crippen LogP contribution is 2.14. The van der Waals surface area contributed by atoms with Crippen LogP contribution in [0.4, 0.5) is 0 Å². The second kappa shape index (κ2) is 8.10. The van der Waals surface area contributed by atoms with Gasteiger partial charge in [0.05, 0.1) is 0 Å². The zero-order valence-electron chi connectivity index (χ0n) is 14.0. The van der Waals surface area contributed by atoms with Crippen molar-refractivity contribution in [3.8, 4) is 5.75 Å². The highest BCUT2D eigenvalue weighted by Gasteiger charge is 2.21. The second-order valence-corrected chi connectivity index (χ2v) is 5.68. The first kappa shape index (κ1) is 18.2. The molecule has 1 amide bonds. The lowest BCUT2D eigenvalue weighted by Crippen LogP contribution is -2.42. The minimum Gasteiger partial charge on any atom is -0.480 e. The molecule has 0 saturated heterocycles. The van der Waals surface area contributed by atoms with Crippen LogP contribution >= 0.6 is 0 Å². The van der Waals surface area contributed by atoms with Gasteiger partial charge >= 0.3 is 11.9 Å². The minimum absolute atomic E-state index is 0.172. The van der Waals surface area contributed by atoms with Gasteiger partial charge in [-0.1, -0.05) is 35.9 Å². The van der Waals surface area contributed by atoms with Crippen LogP contribution in [0.2, 0.25) is 0 Å². The van der Waals surface area contributed by atoms with Crippen LogP contribution in [0.5, 0.6) is 5.75 Å². The fourth-order valence-corrected chi connectivity index (χ4v) is 2.27. The quantitative estimate of drug-likeness (QED) is 0.621. The fraction of sp³-hybridized carbons (Fsp3) is 0.211. The highest BCUT2D eigenvalue weighted by atomic mass is 16.5. The van der Waals surface area contributed by atoms with Crippen LogP contribution in [0.15, 0.2) is 48.5 Å². The fourth-order valence-electron chi connectivity index (χ4n) is 2.27. The molecule has 2 aromatic rings. The van der Waals surface area contributed by atoms with Crippen LogP contribution in [-0.2, 0) is 16.0 Å². The summed E-state index contributed by atoms with van der Waals surface area (Å²) >= 11 is 0. The van der Waals surface area contributed by atoms with Crippen molar-refractivity contribution in [3.05, 3.63) is 65.2 Å². The van der Waals surface area contributed by atoms with Gasteiger partial charge in [0.25, 0.3) is 5.91 Å². The van der Waals surface area contributed by atoms with Crippen molar-refractivity contribution < 1.29 is 24.2 Å². The molecule has 0 heterocycles. The lowest BCUT2D eigenvalue weighted by atomic mass is 10.0. The summed E-state index contributed by atoms with van der Waals surface area (Å²) in [5.41, 5.74) is 2.10. The third-order valence-corrected chi connectivity index (χ3v) is 3.52. The zero-order valence-corrected chi connectivity index (χ0v) is 14.0. The third kappa shape index (κ3) is 5.46. The molecule has 0 aliphatic carbocycles. The summed E-state index contributed by atoms with van der Waals surface area (Å²) in [5, 5.41) is 11.9. The van der Waals surface area contributed by atoms with E-state index in [2.05, 4.69) is 5.32 Å². The van der Waals surface area contributed by atoms with Crippen molar-refractivity contribution in [3.63, 3.8) is 0 Å². The number of rotatable bonds is 6. The molecule has 0 fully saturated rings. The number of carboxylic acid groups (broad SMARTS) is 1. The van der Waals surface area contributed by atoms with Gasteiger partial charge < -0.3 is 15.2 Å². The first-order valence-electron chi connectivity index (χ1n) is 7.73. The number of ether oxygens (including phenoxy) is 1. The van der Waals surface area contributed by atoms with Gasteiger partial charge in [0.1, 0.15) is 11.8 Å². The third-order valence-electron chi connectivity index (χ3n) is 3.52. The Morgan fingerprint density at radius 1 is 1.12 bits per heavy atom. The predicted molar refractivity (Wildman–Crippen MR) is 91.5 cm³/mol. The molecule has 6 heteroatoms. The van der Waals surface area contributed by atoms with Gasteiger partial charge in [0.2, 0.25) is 0 Å². The smallest absolute Gasteiger partial charge is 0.326 e. The molecule has 130 valence electrons. The van der Waals surface area contributed by atoms with E-state index in [0.717, 1.165) is 11.1 Å². The summed E-state index contributed by atoms with van der Waals surface area (Å²) in [4.78, 5) is 34.8. The standard InChI is InChI=1S/C19H19NO5/c1-12-6-8-14(9-7-12)10-17(19(23)24)20-18(22)15-4-3-5-16(11-15)25-13(2)21/h3-9,11,17H,10H2,1-2H3,(H,20,22)(H,23,24)/t17-/m0/s1. The maximum absolute atomic E-state index is 12.3.